The summed E-state index contributed by atoms with van der Waals surface area (Å²) in [4.78, 5) is 30.2. The maximum Gasteiger partial charge on any atom is 0.374 e. The lowest BCUT2D eigenvalue weighted by atomic mass is 10.1. The minimum Gasteiger partial charge on any atom is -0.460 e. The number of para-hydroxylation sites is 2. The van der Waals surface area contributed by atoms with Crippen LogP contribution >= 0.6 is 11.3 Å². The van der Waals surface area contributed by atoms with E-state index >= 15 is 0 Å². The summed E-state index contributed by atoms with van der Waals surface area (Å²) in [5, 5.41) is 4.55. The van der Waals surface area contributed by atoms with Gasteiger partial charge in [-0.05, 0) is 67.6 Å². The van der Waals surface area contributed by atoms with Crippen molar-refractivity contribution in [3.8, 4) is 0 Å². The Morgan fingerprint density at radius 2 is 1.73 bits per heavy atom. The molecule has 5 aromatic rings. The molecule has 2 aromatic heterocycles. The maximum absolute atomic E-state index is 14.5. The highest BCUT2D eigenvalue weighted by atomic mass is 32.2. The summed E-state index contributed by atoms with van der Waals surface area (Å²) in [7, 11) is -1.58. The standard InChI is InChI=1S/C35H35N3O5S2/c1-3-42-35(40)33-25(2)29-23-28(13-14-32(29)43-33)45(41)38(17-15-26-9-5-4-6-10-26)31-12-8-7-11-30(31)36-18-20-37(21-19-36)34(39)27-16-22-44-24-27/h4-14,16,22-24H,3,15,17-21H2,1-2H3. The van der Waals surface area contributed by atoms with E-state index in [9.17, 15) is 13.8 Å². The first kappa shape index (κ1) is 30.6. The molecule has 0 aliphatic carbocycles. The molecule has 0 radical (unpaired) electrons. The molecule has 1 saturated heterocycles. The van der Waals surface area contributed by atoms with E-state index in [1.165, 1.54) is 11.3 Å². The number of piperazine rings is 1. The molecule has 0 saturated carbocycles. The van der Waals surface area contributed by atoms with Gasteiger partial charge in [-0.2, -0.15) is 11.3 Å². The third-order valence-electron chi connectivity index (χ3n) is 8.04. The van der Waals surface area contributed by atoms with E-state index in [-0.39, 0.29) is 18.3 Å². The van der Waals surface area contributed by atoms with E-state index in [1.54, 1.807) is 19.1 Å². The van der Waals surface area contributed by atoms with Crippen molar-refractivity contribution in [1.82, 2.24) is 4.90 Å². The fraction of sp³-hybridized carbons (Fsp3) is 0.257. The third-order valence-corrected chi connectivity index (χ3v) is 10.2. The van der Waals surface area contributed by atoms with E-state index in [2.05, 4.69) is 23.1 Å². The summed E-state index contributed by atoms with van der Waals surface area (Å²) in [6.07, 6.45) is 0.698. The lowest BCUT2D eigenvalue weighted by molar-refractivity contribution is 0.0491. The number of hydrogen-bond donors (Lipinski definition) is 0. The molecule has 1 aliphatic rings. The molecule has 6 rings (SSSR count). The zero-order valence-corrected chi connectivity index (χ0v) is 26.9. The molecule has 0 N–H and O–H groups in total. The van der Waals surface area contributed by atoms with Gasteiger partial charge in [-0.3, -0.25) is 9.10 Å². The maximum atomic E-state index is 14.5. The lowest BCUT2D eigenvalue weighted by Gasteiger charge is -2.38. The van der Waals surface area contributed by atoms with Crippen LogP contribution in [0.4, 0.5) is 11.4 Å². The van der Waals surface area contributed by atoms with Gasteiger partial charge in [0.2, 0.25) is 5.76 Å². The Labute approximate surface area is 269 Å². The minimum absolute atomic E-state index is 0.0609. The quantitative estimate of drug-likeness (QED) is 0.158. The second-order valence-electron chi connectivity index (χ2n) is 10.8. The molecule has 10 heteroatoms. The molecule has 3 heterocycles. The van der Waals surface area contributed by atoms with Gasteiger partial charge >= 0.3 is 5.97 Å². The first-order valence-corrected chi connectivity index (χ1v) is 17.1. The Kier molecular flexibility index (Phi) is 9.32. The van der Waals surface area contributed by atoms with Gasteiger partial charge in [0.05, 0.1) is 28.4 Å². The van der Waals surface area contributed by atoms with Crippen molar-refractivity contribution < 1.29 is 23.0 Å². The lowest BCUT2D eigenvalue weighted by Crippen LogP contribution is -2.49. The number of anilines is 2. The van der Waals surface area contributed by atoms with Crippen LogP contribution in [0.15, 0.2) is 98.9 Å². The monoisotopic (exact) mass is 641 g/mol. The van der Waals surface area contributed by atoms with Crippen molar-refractivity contribution in [3.05, 3.63) is 112 Å². The summed E-state index contributed by atoms with van der Waals surface area (Å²) in [5.41, 5.74) is 4.93. The van der Waals surface area contributed by atoms with Crippen molar-refractivity contribution in [2.24, 2.45) is 0 Å². The zero-order valence-electron chi connectivity index (χ0n) is 25.3. The number of hydrogen-bond acceptors (Lipinski definition) is 7. The molecule has 8 nitrogen and oxygen atoms in total. The number of carbonyl (C=O) groups is 2. The smallest absolute Gasteiger partial charge is 0.374 e. The van der Waals surface area contributed by atoms with Crippen LogP contribution < -0.4 is 9.21 Å². The molecule has 3 aromatic carbocycles. The van der Waals surface area contributed by atoms with Crippen molar-refractivity contribution in [2.75, 3.05) is 48.5 Å². The van der Waals surface area contributed by atoms with Crippen molar-refractivity contribution in [2.45, 2.75) is 25.2 Å². The number of fused-ring (bicyclic) bond motifs is 1. The van der Waals surface area contributed by atoms with Gasteiger partial charge in [-0.15, -0.1) is 0 Å². The molecule has 1 atom stereocenters. The molecular formula is C35H35N3O5S2. The Morgan fingerprint density at radius 1 is 0.978 bits per heavy atom. The number of furan rings is 1. The van der Waals surface area contributed by atoms with Crippen molar-refractivity contribution >= 4 is 56.5 Å². The van der Waals surface area contributed by atoms with Gasteiger partial charge in [0, 0.05) is 49.1 Å². The molecule has 1 unspecified atom stereocenters. The van der Waals surface area contributed by atoms with Gasteiger partial charge in [-0.1, -0.05) is 42.5 Å². The number of amides is 1. The van der Waals surface area contributed by atoms with Gasteiger partial charge in [-0.25, -0.2) is 9.00 Å². The van der Waals surface area contributed by atoms with E-state index in [0.717, 1.165) is 27.9 Å². The number of thiophene rings is 1. The van der Waals surface area contributed by atoms with E-state index < -0.39 is 17.0 Å². The predicted octanol–water partition coefficient (Wildman–Crippen LogP) is 6.71. The average Bonchev–Trinajstić information content (AvgIpc) is 3.74. The molecular weight excluding hydrogens is 607 g/mol. The Morgan fingerprint density at radius 3 is 2.47 bits per heavy atom. The van der Waals surface area contributed by atoms with Crippen molar-refractivity contribution in [1.29, 1.82) is 0 Å². The number of benzene rings is 3. The van der Waals surface area contributed by atoms with Crippen LogP contribution in [0.25, 0.3) is 11.0 Å². The number of aryl methyl sites for hydroxylation is 1. The average molecular weight is 642 g/mol. The molecule has 232 valence electrons. The van der Waals surface area contributed by atoms with Gasteiger partial charge in [0.15, 0.2) is 11.0 Å². The molecule has 45 heavy (non-hydrogen) atoms. The number of nitrogens with zero attached hydrogens (tertiary/aromatic N) is 3. The SMILES string of the molecule is CCOC(=O)c1oc2ccc(S(=O)N(CCc3ccccc3)c3ccccc3N3CCN(C(=O)c4ccsc4)CC3)cc2c1C. The predicted molar refractivity (Wildman–Crippen MR) is 180 cm³/mol. The first-order valence-electron chi connectivity index (χ1n) is 15.0. The van der Waals surface area contributed by atoms with Crippen LogP contribution in [0, 0.1) is 6.92 Å². The Bertz CT molecular complexity index is 1810. The fourth-order valence-electron chi connectivity index (χ4n) is 5.66. The van der Waals surface area contributed by atoms with E-state index in [1.807, 2.05) is 75.4 Å². The van der Waals surface area contributed by atoms with Gasteiger partial charge in [0.1, 0.15) is 5.58 Å². The van der Waals surface area contributed by atoms with Crippen LogP contribution in [-0.2, 0) is 22.1 Å². The highest BCUT2D eigenvalue weighted by Crippen LogP contribution is 2.35. The van der Waals surface area contributed by atoms with Crippen molar-refractivity contribution in [3.63, 3.8) is 0 Å². The molecule has 1 aliphatic heterocycles. The number of rotatable bonds is 10. The molecule has 0 spiro atoms. The number of esters is 1. The summed E-state index contributed by atoms with van der Waals surface area (Å²) in [6.45, 7) is 6.89. The summed E-state index contributed by atoms with van der Waals surface area (Å²) in [6, 6.07) is 25.5. The van der Waals surface area contributed by atoms with Crippen LogP contribution in [-0.4, -0.2) is 60.3 Å². The highest BCUT2D eigenvalue weighted by Gasteiger charge is 2.27. The van der Waals surface area contributed by atoms with Crippen LogP contribution in [0.2, 0.25) is 0 Å². The largest absolute Gasteiger partial charge is 0.460 e. The Balaban J connectivity index is 1.30. The first-order chi connectivity index (χ1) is 21.9. The zero-order chi connectivity index (χ0) is 31.3. The Hall–Kier alpha value is -4.41. The molecule has 1 amide bonds. The van der Waals surface area contributed by atoms with Crippen LogP contribution in [0.1, 0.15) is 39.0 Å². The normalized spacial score (nSPS) is 14.0. The molecule has 1 fully saturated rings. The minimum atomic E-state index is -1.58. The number of carbonyl (C=O) groups excluding carboxylic acids is 2. The van der Waals surface area contributed by atoms with Gasteiger partial charge < -0.3 is 19.0 Å². The third kappa shape index (κ3) is 6.53. The van der Waals surface area contributed by atoms with E-state index in [4.69, 9.17) is 9.15 Å². The summed E-state index contributed by atoms with van der Waals surface area (Å²) in [5.74, 6) is -0.284. The van der Waals surface area contributed by atoms with E-state index in [0.29, 0.717) is 55.2 Å². The fourth-order valence-corrected chi connectivity index (χ4v) is 7.53. The summed E-state index contributed by atoms with van der Waals surface area (Å²) >= 11 is 1.53. The highest BCUT2D eigenvalue weighted by molar-refractivity contribution is 7.86. The second-order valence-corrected chi connectivity index (χ2v) is 13.0. The van der Waals surface area contributed by atoms with Gasteiger partial charge in [0.25, 0.3) is 5.91 Å². The van der Waals surface area contributed by atoms with Crippen LogP contribution in [0.3, 0.4) is 0 Å². The van der Waals surface area contributed by atoms with Crippen LogP contribution in [0.5, 0.6) is 0 Å². The second kappa shape index (κ2) is 13.7. The molecule has 0 bridgehead atoms. The number of ether oxygens (including phenoxy) is 1. The summed E-state index contributed by atoms with van der Waals surface area (Å²) < 4.78 is 27.5. The topological polar surface area (TPSA) is 83.3 Å².